The van der Waals surface area contributed by atoms with E-state index in [0.29, 0.717) is 11.0 Å². The summed E-state index contributed by atoms with van der Waals surface area (Å²) in [5, 5.41) is 9.24. The zero-order valence-corrected chi connectivity index (χ0v) is 12.0. The van der Waals surface area contributed by atoms with Gasteiger partial charge in [0.05, 0.1) is 5.56 Å². The van der Waals surface area contributed by atoms with E-state index in [9.17, 15) is 9.90 Å². The van der Waals surface area contributed by atoms with Gasteiger partial charge in [0, 0.05) is 6.54 Å². The quantitative estimate of drug-likeness (QED) is 0.915. The van der Waals surface area contributed by atoms with Crippen molar-refractivity contribution in [2.24, 2.45) is 5.41 Å². The lowest BCUT2D eigenvalue weighted by molar-refractivity contribution is 0.0690. The highest BCUT2D eigenvalue weighted by atomic mass is 16.4. The molecule has 3 nitrogen and oxygen atoms in total. The second-order valence-electron chi connectivity index (χ2n) is 6.45. The summed E-state index contributed by atoms with van der Waals surface area (Å²) in [5.41, 5.74) is 2.03. The first-order valence-electron chi connectivity index (χ1n) is 7.72. The number of likely N-dealkylation sites (tertiary alicyclic amines) is 1. The summed E-state index contributed by atoms with van der Waals surface area (Å²) in [6.07, 6.45) is 8.22. The predicted molar refractivity (Wildman–Crippen MR) is 78.8 cm³/mol. The van der Waals surface area contributed by atoms with Crippen LogP contribution in [0.2, 0.25) is 0 Å². The van der Waals surface area contributed by atoms with Crippen LogP contribution >= 0.6 is 0 Å². The molecule has 1 aromatic carbocycles. The van der Waals surface area contributed by atoms with Crippen molar-refractivity contribution in [3.05, 3.63) is 35.4 Å². The molecule has 0 bridgehead atoms. The van der Waals surface area contributed by atoms with Gasteiger partial charge in [-0.25, -0.2) is 4.79 Å². The van der Waals surface area contributed by atoms with Crippen LogP contribution < -0.4 is 0 Å². The maximum atomic E-state index is 11.2. The highest BCUT2D eigenvalue weighted by molar-refractivity contribution is 5.89. The molecule has 0 amide bonds. The molecule has 1 saturated heterocycles. The molecule has 0 atom stereocenters. The van der Waals surface area contributed by atoms with Gasteiger partial charge in [-0.2, -0.15) is 0 Å². The minimum atomic E-state index is -0.815. The van der Waals surface area contributed by atoms with E-state index in [2.05, 4.69) is 4.90 Å². The van der Waals surface area contributed by atoms with Gasteiger partial charge in [0.15, 0.2) is 0 Å². The topological polar surface area (TPSA) is 40.5 Å². The lowest BCUT2D eigenvalue weighted by atomic mass is 9.77. The first-order valence-corrected chi connectivity index (χ1v) is 7.72. The van der Waals surface area contributed by atoms with Gasteiger partial charge in [-0.05, 0) is 55.8 Å². The van der Waals surface area contributed by atoms with E-state index < -0.39 is 5.97 Å². The predicted octanol–water partition coefficient (Wildman–Crippen LogP) is 3.54. The number of carboxylic acids is 1. The van der Waals surface area contributed by atoms with Crippen LogP contribution in [0.15, 0.2) is 24.3 Å². The molecule has 1 aromatic rings. The molecule has 0 radical (unpaired) electrons. The highest BCUT2D eigenvalue weighted by Gasteiger charge is 2.36. The van der Waals surface area contributed by atoms with Crippen LogP contribution in [0.25, 0.3) is 0 Å². The molecule has 3 heteroatoms. The third-order valence-corrected chi connectivity index (χ3v) is 5.22. The first kappa shape index (κ1) is 13.6. The molecule has 2 fully saturated rings. The number of hydrogen-bond donors (Lipinski definition) is 1. The number of nitrogens with zero attached hydrogens (tertiary/aromatic N) is 1. The van der Waals surface area contributed by atoms with Crippen molar-refractivity contribution in [3.8, 4) is 0 Å². The summed E-state index contributed by atoms with van der Waals surface area (Å²) in [6.45, 7) is 3.01. The monoisotopic (exact) mass is 273 g/mol. The molecule has 20 heavy (non-hydrogen) atoms. The molecule has 108 valence electrons. The zero-order valence-electron chi connectivity index (χ0n) is 12.0. The number of benzene rings is 1. The lowest BCUT2D eigenvalue weighted by Crippen LogP contribution is -2.38. The maximum absolute atomic E-state index is 11.2. The smallest absolute Gasteiger partial charge is 0.336 e. The molecule has 1 spiro atoms. The molecule has 1 N–H and O–H groups in total. The Bertz CT molecular complexity index is 482. The Kier molecular flexibility index (Phi) is 3.79. The molecule has 0 unspecified atom stereocenters. The molecule has 2 aliphatic rings. The van der Waals surface area contributed by atoms with Crippen molar-refractivity contribution in [2.45, 2.75) is 45.1 Å². The van der Waals surface area contributed by atoms with Gasteiger partial charge in [0.25, 0.3) is 0 Å². The van der Waals surface area contributed by atoms with Crippen LogP contribution in [0.5, 0.6) is 0 Å². The summed E-state index contributed by atoms with van der Waals surface area (Å²) in [7, 11) is 0. The Balaban J connectivity index is 1.64. The fourth-order valence-electron chi connectivity index (χ4n) is 3.92. The van der Waals surface area contributed by atoms with E-state index in [-0.39, 0.29) is 0 Å². The van der Waals surface area contributed by atoms with E-state index in [1.54, 1.807) is 12.1 Å². The van der Waals surface area contributed by atoms with E-state index >= 15 is 0 Å². The molecule has 0 aromatic heterocycles. The van der Waals surface area contributed by atoms with Crippen LogP contribution in [0.3, 0.4) is 0 Å². The van der Waals surface area contributed by atoms with Crippen molar-refractivity contribution in [3.63, 3.8) is 0 Å². The Morgan fingerprint density at radius 3 is 2.40 bits per heavy atom. The summed E-state index contributed by atoms with van der Waals surface area (Å²) in [6, 6.07) is 7.39. The number of rotatable bonds is 3. The second-order valence-corrected chi connectivity index (χ2v) is 6.45. The Morgan fingerprint density at radius 2 is 1.75 bits per heavy atom. The average Bonchev–Trinajstić information content (AvgIpc) is 2.90. The Labute approximate surface area is 120 Å². The van der Waals surface area contributed by atoms with Crippen LogP contribution in [0, 0.1) is 5.41 Å². The maximum Gasteiger partial charge on any atom is 0.336 e. The zero-order chi connectivity index (χ0) is 14.0. The molecular formula is C17H23NO2. The van der Waals surface area contributed by atoms with E-state index in [1.807, 2.05) is 12.1 Å². The number of carboxylic acid groups (broad SMARTS) is 1. The van der Waals surface area contributed by atoms with Gasteiger partial charge < -0.3 is 5.11 Å². The normalized spacial score (nSPS) is 22.2. The fraction of sp³-hybridized carbons (Fsp3) is 0.588. The van der Waals surface area contributed by atoms with Crippen molar-refractivity contribution < 1.29 is 9.90 Å². The van der Waals surface area contributed by atoms with Crippen LogP contribution in [-0.4, -0.2) is 29.1 Å². The van der Waals surface area contributed by atoms with E-state index in [1.165, 1.54) is 38.5 Å². The van der Waals surface area contributed by atoms with E-state index in [4.69, 9.17) is 0 Å². The minimum Gasteiger partial charge on any atom is -0.478 e. The SMILES string of the molecule is O=C(O)c1ccccc1CN1CCC2(CCCC2)CC1. The molecule has 3 rings (SSSR count). The molecule has 1 aliphatic heterocycles. The van der Waals surface area contributed by atoms with Crippen molar-refractivity contribution >= 4 is 5.97 Å². The second kappa shape index (κ2) is 5.57. The van der Waals surface area contributed by atoms with E-state index in [0.717, 1.165) is 25.2 Å². The van der Waals surface area contributed by atoms with Crippen molar-refractivity contribution in [1.82, 2.24) is 4.90 Å². The molecular weight excluding hydrogens is 250 g/mol. The van der Waals surface area contributed by atoms with Crippen molar-refractivity contribution in [1.29, 1.82) is 0 Å². The standard InChI is InChI=1S/C17H23NO2/c19-16(20)15-6-2-1-5-14(15)13-18-11-9-17(10-12-18)7-3-4-8-17/h1-2,5-6H,3-4,7-13H2,(H,19,20). The van der Waals surface area contributed by atoms with Gasteiger partial charge in [-0.3, -0.25) is 4.90 Å². The summed E-state index contributed by atoms with van der Waals surface area (Å²) < 4.78 is 0. The minimum absolute atomic E-state index is 0.452. The highest BCUT2D eigenvalue weighted by Crippen LogP contribution is 2.46. The summed E-state index contributed by atoms with van der Waals surface area (Å²) in [4.78, 5) is 13.7. The lowest BCUT2D eigenvalue weighted by Gasteiger charge is -2.39. The van der Waals surface area contributed by atoms with Gasteiger partial charge in [-0.15, -0.1) is 0 Å². The van der Waals surface area contributed by atoms with Gasteiger partial charge in [0.1, 0.15) is 0 Å². The van der Waals surface area contributed by atoms with Gasteiger partial charge >= 0.3 is 5.97 Å². The number of carbonyl (C=O) groups is 1. The average molecular weight is 273 g/mol. The summed E-state index contributed by atoms with van der Waals surface area (Å²) >= 11 is 0. The third kappa shape index (κ3) is 2.73. The summed E-state index contributed by atoms with van der Waals surface area (Å²) in [5.74, 6) is -0.815. The molecule has 1 saturated carbocycles. The first-order chi connectivity index (χ1) is 9.69. The van der Waals surface area contributed by atoms with Gasteiger partial charge in [-0.1, -0.05) is 31.0 Å². The van der Waals surface area contributed by atoms with Crippen LogP contribution in [0.1, 0.15) is 54.4 Å². The number of piperidine rings is 1. The molecule has 1 aliphatic carbocycles. The fourth-order valence-corrected chi connectivity index (χ4v) is 3.92. The number of aromatic carboxylic acids is 1. The Hall–Kier alpha value is -1.35. The Morgan fingerprint density at radius 1 is 1.10 bits per heavy atom. The molecule has 1 heterocycles. The number of hydrogen-bond acceptors (Lipinski definition) is 2. The largest absolute Gasteiger partial charge is 0.478 e. The van der Waals surface area contributed by atoms with Crippen LogP contribution in [-0.2, 0) is 6.54 Å². The van der Waals surface area contributed by atoms with Gasteiger partial charge in [0.2, 0.25) is 0 Å². The third-order valence-electron chi connectivity index (χ3n) is 5.22. The van der Waals surface area contributed by atoms with Crippen molar-refractivity contribution in [2.75, 3.05) is 13.1 Å². The van der Waals surface area contributed by atoms with Crippen LogP contribution in [0.4, 0.5) is 0 Å².